The summed E-state index contributed by atoms with van der Waals surface area (Å²) in [4.78, 5) is 13.1. The highest BCUT2D eigenvalue weighted by Gasteiger charge is 2.03. The molecular formula is C24H27IN6. The van der Waals surface area contributed by atoms with Crippen LogP contribution in [0.15, 0.2) is 84.2 Å². The molecule has 2 aromatic heterocycles. The molecular weight excluding hydrogens is 499 g/mol. The minimum Gasteiger partial charge on any atom is -0.356 e. The average molecular weight is 526 g/mol. The summed E-state index contributed by atoms with van der Waals surface area (Å²) in [6.07, 6.45) is 4.58. The third kappa shape index (κ3) is 6.27. The van der Waals surface area contributed by atoms with Crippen LogP contribution in [0.2, 0.25) is 0 Å². The maximum atomic E-state index is 4.46. The lowest BCUT2D eigenvalue weighted by atomic mass is 10.1. The van der Waals surface area contributed by atoms with Gasteiger partial charge >= 0.3 is 0 Å². The van der Waals surface area contributed by atoms with Crippen molar-refractivity contribution in [3.8, 4) is 0 Å². The summed E-state index contributed by atoms with van der Waals surface area (Å²) in [7, 11) is 1.79. The predicted molar refractivity (Wildman–Crippen MR) is 137 cm³/mol. The number of imidazole rings is 1. The topological polar surface area (TPSA) is 67.1 Å². The maximum Gasteiger partial charge on any atom is 0.191 e. The van der Waals surface area contributed by atoms with Gasteiger partial charge in [-0.25, -0.2) is 4.98 Å². The van der Waals surface area contributed by atoms with Crippen molar-refractivity contribution in [1.29, 1.82) is 0 Å². The molecule has 2 aromatic carbocycles. The monoisotopic (exact) mass is 526 g/mol. The quantitative estimate of drug-likeness (QED) is 0.217. The summed E-state index contributed by atoms with van der Waals surface area (Å²) in [5.74, 6) is 0.792. The van der Waals surface area contributed by atoms with Crippen LogP contribution < -0.4 is 10.6 Å². The molecule has 0 aliphatic carbocycles. The predicted octanol–water partition coefficient (Wildman–Crippen LogP) is 4.01. The van der Waals surface area contributed by atoms with Crippen LogP contribution in [0.4, 0.5) is 0 Å². The Morgan fingerprint density at radius 1 is 0.903 bits per heavy atom. The van der Waals surface area contributed by atoms with Crippen molar-refractivity contribution in [2.75, 3.05) is 13.6 Å². The number of para-hydroxylation sites is 2. The standard InChI is InChI=1S/C24H26N6.HI/c1-25-24(27-15-13-21-6-4-5-14-26-21)28-16-19-9-11-20(12-10-19)17-30-18-29-22-7-2-3-8-23(22)30;/h2-12,14,18H,13,15-17H2,1H3,(H2,25,27,28);1H. The molecule has 4 rings (SSSR count). The smallest absolute Gasteiger partial charge is 0.191 e. The maximum absolute atomic E-state index is 4.46. The summed E-state index contributed by atoms with van der Waals surface area (Å²) in [5, 5.41) is 6.70. The second-order valence-electron chi connectivity index (χ2n) is 7.10. The summed E-state index contributed by atoms with van der Waals surface area (Å²) in [5.41, 5.74) is 5.72. The molecule has 31 heavy (non-hydrogen) atoms. The Morgan fingerprint density at radius 2 is 1.68 bits per heavy atom. The van der Waals surface area contributed by atoms with E-state index in [0.717, 1.165) is 48.7 Å². The number of aliphatic imine (C=N–C) groups is 1. The third-order valence-electron chi connectivity index (χ3n) is 4.99. The van der Waals surface area contributed by atoms with Gasteiger partial charge in [0.25, 0.3) is 0 Å². The summed E-state index contributed by atoms with van der Waals surface area (Å²) in [6.45, 7) is 2.32. The highest BCUT2D eigenvalue weighted by molar-refractivity contribution is 14.0. The fraction of sp³-hybridized carbons (Fsp3) is 0.208. The second-order valence-corrected chi connectivity index (χ2v) is 7.10. The van der Waals surface area contributed by atoms with Crippen molar-refractivity contribution < 1.29 is 0 Å². The summed E-state index contributed by atoms with van der Waals surface area (Å²) in [6, 6.07) is 22.8. The number of halogens is 1. The van der Waals surface area contributed by atoms with Crippen LogP contribution in [-0.2, 0) is 19.5 Å². The van der Waals surface area contributed by atoms with E-state index in [9.17, 15) is 0 Å². The zero-order chi connectivity index (χ0) is 20.6. The second kappa shape index (κ2) is 11.5. The Balaban J connectivity index is 0.00000272. The van der Waals surface area contributed by atoms with Crippen LogP contribution >= 0.6 is 24.0 Å². The van der Waals surface area contributed by atoms with E-state index in [1.165, 1.54) is 11.1 Å². The zero-order valence-electron chi connectivity index (χ0n) is 17.5. The lowest BCUT2D eigenvalue weighted by Gasteiger charge is -2.12. The minimum atomic E-state index is 0. The van der Waals surface area contributed by atoms with Crippen LogP contribution in [0.25, 0.3) is 11.0 Å². The van der Waals surface area contributed by atoms with Crippen molar-refractivity contribution in [3.63, 3.8) is 0 Å². The van der Waals surface area contributed by atoms with Crippen LogP contribution in [0.5, 0.6) is 0 Å². The molecule has 0 atom stereocenters. The number of nitrogens with one attached hydrogen (secondary N) is 2. The molecule has 2 heterocycles. The number of hydrogen-bond acceptors (Lipinski definition) is 3. The first-order valence-corrected chi connectivity index (χ1v) is 10.1. The van der Waals surface area contributed by atoms with E-state index in [-0.39, 0.29) is 24.0 Å². The largest absolute Gasteiger partial charge is 0.356 e. The van der Waals surface area contributed by atoms with Gasteiger partial charge in [-0.05, 0) is 35.4 Å². The number of hydrogen-bond donors (Lipinski definition) is 2. The van der Waals surface area contributed by atoms with E-state index in [1.54, 1.807) is 7.05 Å². The van der Waals surface area contributed by atoms with Crippen molar-refractivity contribution in [3.05, 3.63) is 96.1 Å². The molecule has 7 heteroatoms. The van der Waals surface area contributed by atoms with Gasteiger partial charge in [-0.3, -0.25) is 9.98 Å². The molecule has 0 saturated heterocycles. The molecule has 0 bridgehead atoms. The van der Waals surface area contributed by atoms with Crippen molar-refractivity contribution in [2.45, 2.75) is 19.5 Å². The molecule has 0 amide bonds. The lowest BCUT2D eigenvalue weighted by Crippen LogP contribution is -2.37. The van der Waals surface area contributed by atoms with Gasteiger partial charge in [-0.15, -0.1) is 24.0 Å². The van der Waals surface area contributed by atoms with Gasteiger partial charge in [0.05, 0.1) is 17.4 Å². The van der Waals surface area contributed by atoms with Gasteiger partial charge in [0, 0.05) is 45.0 Å². The third-order valence-corrected chi connectivity index (χ3v) is 4.99. The number of fused-ring (bicyclic) bond motifs is 1. The number of pyridine rings is 1. The SMILES string of the molecule is CN=C(NCCc1ccccn1)NCc1ccc(Cn2cnc3ccccc32)cc1.I. The van der Waals surface area contributed by atoms with E-state index in [1.807, 2.05) is 48.9 Å². The molecule has 0 radical (unpaired) electrons. The molecule has 0 saturated carbocycles. The number of benzene rings is 2. The van der Waals surface area contributed by atoms with Gasteiger partial charge in [-0.1, -0.05) is 42.5 Å². The molecule has 0 unspecified atom stereocenters. The van der Waals surface area contributed by atoms with Crippen molar-refractivity contribution >= 4 is 41.0 Å². The first kappa shape index (κ1) is 22.7. The first-order valence-electron chi connectivity index (χ1n) is 10.1. The van der Waals surface area contributed by atoms with Gasteiger partial charge in [-0.2, -0.15) is 0 Å². The number of aromatic nitrogens is 3. The fourth-order valence-electron chi connectivity index (χ4n) is 3.36. The van der Waals surface area contributed by atoms with Gasteiger partial charge in [0.2, 0.25) is 0 Å². The number of rotatable bonds is 7. The Bertz CT molecular complexity index is 1110. The fourth-order valence-corrected chi connectivity index (χ4v) is 3.36. The van der Waals surface area contributed by atoms with Crippen LogP contribution in [0, 0.1) is 0 Å². The van der Waals surface area contributed by atoms with E-state index in [2.05, 4.69) is 60.5 Å². The lowest BCUT2D eigenvalue weighted by molar-refractivity contribution is 0.783. The summed E-state index contributed by atoms with van der Waals surface area (Å²) >= 11 is 0. The Kier molecular flexibility index (Phi) is 8.40. The van der Waals surface area contributed by atoms with Gasteiger partial charge in [0.15, 0.2) is 5.96 Å². The normalized spacial score (nSPS) is 11.2. The molecule has 0 aliphatic rings. The first-order chi connectivity index (χ1) is 14.8. The molecule has 2 N–H and O–H groups in total. The Morgan fingerprint density at radius 3 is 2.45 bits per heavy atom. The van der Waals surface area contributed by atoms with Crippen LogP contribution in [0.3, 0.4) is 0 Å². The van der Waals surface area contributed by atoms with Gasteiger partial charge in [0.1, 0.15) is 0 Å². The number of guanidine groups is 1. The molecule has 0 spiro atoms. The van der Waals surface area contributed by atoms with Crippen molar-refractivity contribution in [2.24, 2.45) is 4.99 Å². The Hall–Kier alpha value is -2.94. The Labute approximate surface area is 199 Å². The highest BCUT2D eigenvalue weighted by Crippen LogP contribution is 2.14. The average Bonchev–Trinajstić information content (AvgIpc) is 3.20. The molecule has 4 aromatic rings. The van der Waals surface area contributed by atoms with Crippen LogP contribution in [-0.4, -0.2) is 34.1 Å². The summed E-state index contributed by atoms with van der Waals surface area (Å²) < 4.78 is 2.18. The molecule has 160 valence electrons. The van der Waals surface area contributed by atoms with E-state index < -0.39 is 0 Å². The zero-order valence-corrected chi connectivity index (χ0v) is 19.9. The molecule has 0 fully saturated rings. The minimum absolute atomic E-state index is 0. The molecule has 6 nitrogen and oxygen atoms in total. The number of nitrogens with zero attached hydrogens (tertiary/aromatic N) is 4. The van der Waals surface area contributed by atoms with E-state index in [0.29, 0.717) is 0 Å². The van der Waals surface area contributed by atoms with E-state index >= 15 is 0 Å². The van der Waals surface area contributed by atoms with Crippen LogP contribution in [0.1, 0.15) is 16.8 Å². The highest BCUT2D eigenvalue weighted by atomic mass is 127. The van der Waals surface area contributed by atoms with Gasteiger partial charge < -0.3 is 15.2 Å². The molecule has 0 aliphatic heterocycles. The van der Waals surface area contributed by atoms with E-state index in [4.69, 9.17) is 0 Å². The van der Waals surface area contributed by atoms with Crippen molar-refractivity contribution in [1.82, 2.24) is 25.2 Å².